The van der Waals surface area contributed by atoms with E-state index in [1.165, 1.54) is 0 Å². The fraction of sp³-hybridized carbons (Fsp3) is 0.462. The summed E-state index contributed by atoms with van der Waals surface area (Å²) in [4.78, 5) is 13.1. The predicted molar refractivity (Wildman–Crippen MR) is 68.6 cm³/mol. The van der Waals surface area contributed by atoms with Crippen LogP contribution in [0.25, 0.3) is 0 Å². The molecule has 1 saturated heterocycles. The van der Waals surface area contributed by atoms with Crippen LogP contribution in [0, 0.1) is 0 Å². The monoisotopic (exact) mass is 269 g/mol. The average Bonchev–Trinajstić information content (AvgIpc) is 2.41. The molecule has 1 aromatic carbocycles. The second-order valence-corrected chi connectivity index (χ2v) is 4.76. The second-order valence-electron chi connectivity index (χ2n) is 4.32. The van der Waals surface area contributed by atoms with Gasteiger partial charge in [0, 0.05) is 24.5 Å². The summed E-state index contributed by atoms with van der Waals surface area (Å²) >= 11 is 5.83. The lowest BCUT2D eigenvalue weighted by Gasteiger charge is -2.32. The average molecular weight is 270 g/mol. The van der Waals surface area contributed by atoms with Gasteiger partial charge < -0.3 is 14.7 Å². The Morgan fingerprint density at radius 2 is 2.17 bits per heavy atom. The first-order valence-corrected chi connectivity index (χ1v) is 6.31. The number of morpholine rings is 1. The second kappa shape index (κ2) is 6.18. The number of carbonyl (C=O) groups excluding carboxylic acids is 1. The molecule has 1 aromatic rings. The Morgan fingerprint density at radius 3 is 2.83 bits per heavy atom. The van der Waals surface area contributed by atoms with Crippen LogP contribution >= 0.6 is 11.6 Å². The molecule has 5 heteroatoms. The third kappa shape index (κ3) is 3.45. The smallest absolute Gasteiger partial charge is 0.248 e. The molecule has 0 aliphatic carbocycles. The van der Waals surface area contributed by atoms with Crippen LogP contribution in [0.4, 0.5) is 0 Å². The van der Waals surface area contributed by atoms with Crippen molar-refractivity contribution in [2.75, 3.05) is 26.3 Å². The minimum absolute atomic E-state index is 0.0181. The molecule has 1 fully saturated rings. The fourth-order valence-electron chi connectivity index (χ4n) is 2.05. The summed E-state index contributed by atoms with van der Waals surface area (Å²) in [6.07, 6.45) is 0.724. The van der Waals surface area contributed by atoms with Crippen molar-refractivity contribution in [3.05, 3.63) is 34.9 Å². The maximum Gasteiger partial charge on any atom is 0.248 e. The molecule has 2 rings (SSSR count). The highest BCUT2D eigenvalue weighted by Gasteiger charge is 2.23. The molecule has 98 valence electrons. The van der Waals surface area contributed by atoms with Gasteiger partial charge in [0.05, 0.1) is 12.7 Å². The zero-order valence-corrected chi connectivity index (χ0v) is 10.8. The van der Waals surface area contributed by atoms with E-state index in [1.54, 1.807) is 4.90 Å². The molecule has 18 heavy (non-hydrogen) atoms. The maximum atomic E-state index is 11.4. The van der Waals surface area contributed by atoms with E-state index in [0.29, 0.717) is 24.7 Å². The Morgan fingerprint density at radius 1 is 1.44 bits per heavy atom. The molecule has 1 N–H and O–H groups in total. The predicted octanol–water partition coefficient (Wildman–Crippen LogP) is 1.10. The van der Waals surface area contributed by atoms with Gasteiger partial charge in [0.25, 0.3) is 0 Å². The lowest BCUT2D eigenvalue weighted by atomic mass is 10.1. The Balaban J connectivity index is 1.93. The SMILES string of the molecule is O=C(CO)N1CCOC(Cc2ccc(Cl)cc2)C1. The molecule has 0 saturated carbocycles. The summed E-state index contributed by atoms with van der Waals surface area (Å²) in [7, 11) is 0. The molecule has 4 nitrogen and oxygen atoms in total. The zero-order chi connectivity index (χ0) is 13.0. The summed E-state index contributed by atoms with van der Waals surface area (Å²) in [6, 6.07) is 7.60. The van der Waals surface area contributed by atoms with Crippen LogP contribution in [-0.2, 0) is 16.0 Å². The molecule has 1 heterocycles. The highest BCUT2D eigenvalue weighted by atomic mass is 35.5. The normalized spacial score (nSPS) is 19.9. The van der Waals surface area contributed by atoms with Gasteiger partial charge in [-0.05, 0) is 17.7 Å². The van der Waals surface area contributed by atoms with Crippen molar-refractivity contribution >= 4 is 17.5 Å². The highest BCUT2D eigenvalue weighted by molar-refractivity contribution is 6.30. The molecule has 1 amide bonds. The van der Waals surface area contributed by atoms with Crippen molar-refractivity contribution < 1.29 is 14.6 Å². The van der Waals surface area contributed by atoms with Crippen LogP contribution in [0.3, 0.4) is 0 Å². The fourth-order valence-corrected chi connectivity index (χ4v) is 2.18. The van der Waals surface area contributed by atoms with E-state index in [0.717, 1.165) is 12.0 Å². The molecule has 1 unspecified atom stereocenters. The number of rotatable bonds is 3. The quantitative estimate of drug-likeness (QED) is 0.894. The van der Waals surface area contributed by atoms with Gasteiger partial charge in [0.15, 0.2) is 0 Å². The summed E-state index contributed by atoms with van der Waals surface area (Å²) in [6.45, 7) is 1.16. The number of amides is 1. The van der Waals surface area contributed by atoms with Crippen LogP contribution in [0.1, 0.15) is 5.56 Å². The van der Waals surface area contributed by atoms with Gasteiger partial charge in [-0.25, -0.2) is 0 Å². The first kappa shape index (κ1) is 13.3. The van der Waals surface area contributed by atoms with E-state index in [1.807, 2.05) is 24.3 Å². The minimum Gasteiger partial charge on any atom is -0.387 e. The van der Waals surface area contributed by atoms with E-state index >= 15 is 0 Å². The van der Waals surface area contributed by atoms with E-state index in [4.69, 9.17) is 21.4 Å². The number of hydrogen-bond acceptors (Lipinski definition) is 3. The zero-order valence-electron chi connectivity index (χ0n) is 10.0. The number of ether oxygens (including phenoxy) is 1. The first-order valence-electron chi connectivity index (χ1n) is 5.93. The van der Waals surface area contributed by atoms with Crippen molar-refractivity contribution in [1.29, 1.82) is 0 Å². The van der Waals surface area contributed by atoms with E-state index < -0.39 is 6.61 Å². The summed E-state index contributed by atoms with van der Waals surface area (Å²) < 4.78 is 5.63. The van der Waals surface area contributed by atoms with Crippen molar-refractivity contribution in [3.63, 3.8) is 0 Å². The van der Waals surface area contributed by atoms with Crippen molar-refractivity contribution in [2.24, 2.45) is 0 Å². The number of carbonyl (C=O) groups is 1. The number of aliphatic hydroxyl groups excluding tert-OH is 1. The van der Waals surface area contributed by atoms with E-state index in [2.05, 4.69) is 0 Å². The molecule has 1 atom stereocenters. The summed E-state index contributed by atoms with van der Waals surface area (Å²) in [5.74, 6) is -0.237. The summed E-state index contributed by atoms with van der Waals surface area (Å²) in [5, 5.41) is 9.56. The topological polar surface area (TPSA) is 49.8 Å². The van der Waals surface area contributed by atoms with Crippen LogP contribution in [0.15, 0.2) is 24.3 Å². The number of nitrogens with zero attached hydrogens (tertiary/aromatic N) is 1. The van der Waals surface area contributed by atoms with Gasteiger partial charge >= 0.3 is 0 Å². The largest absolute Gasteiger partial charge is 0.387 e. The van der Waals surface area contributed by atoms with Gasteiger partial charge in [0.2, 0.25) is 5.91 Å². The van der Waals surface area contributed by atoms with Gasteiger partial charge in [0.1, 0.15) is 6.61 Å². The number of aliphatic hydroxyl groups is 1. The van der Waals surface area contributed by atoms with Crippen molar-refractivity contribution in [2.45, 2.75) is 12.5 Å². The third-order valence-corrected chi connectivity index (χ3v) is 3.26. The molecule has 1 aliphatic heterocycles. The highest BCUT2D eigenvalue weighted by Crippen LogP contribution is 2.14. The molecular formula is C13H16ClNO3. The first-order chi connectivity index (χ1) is 8.69. The van der Waals surface area contributed by atoms with Gasteiger partial charge in [-0.15, -0.1) is 0 Å². The Bertz CT molecular complexity index is 407. The Kier molecular flexibility index (Phi) is 4.58. The van der Waals surface area contributed by atoms with Gasteiger partial charge in [-0.2, -0.15) is 0 Å². The number of halogens is 1. The van der Waals surface area contributed by atoms with Crippen molar-refractivity contribution in [3.8, 4) is 0 Å². The van der Waals surface area contributed by atoms with Crippen LogP contribution in [-0.4, -0.2) is 48.3 Å². The number of benzene rings is 1. The molecular weight excluding hydrogens is 254 g/mol. The molecule has 0 aromatic heterocycles. The standard InChI is InChI=1S/C13H16ClNO3/c14-11-3-1-10(2-4-11)7-12-8-15(5-6-18-12)13(17)9-16/h1-4,12,16H,5-9H2. The minimum atomic E-state index is -0.437. The molecule has 0 bridgehead atoms. The summed E-state index contributed by atoms with van der Waals surface area (Å²) in [5.41, 5.74) is 1.13. The Hall–Kier alpha value is -1.10. The van der Waals surface area contributed by atoms with Crippen molar-refractivity contribution in [1.82, 2.24) is 4.90 Å². The Labute approximate surface area is 111 Å². The van der Waals surface area contributed by atoms with Crippen LogP contribution in [0.2, 0.25) is 5.02 Å². The van der Waals surface area contributed by atoms with Crippen LogP contribution < -0.4 is 0 Å². The lowest BCUT2D eigenvalue weighted by molar-refractivity contribution is -0.141. The van der Waals surface area contributed by atoms with E-state index in [-0.39, 0.29) is 12.0 Å². The molecule has 1 aliphatic rings. The van der Waals surface area contributed by atoms with Gasteiger partial charge in [-0.1, -0.05) is 23.7 Å². The van der Waals surface area contributed by atoms with Crippen LogP contribution in [0.5, 0.6) is 0 Å². The lowest BCUT2D eigenvalue weighted by Crippen LogP contribution is -2.47. The molecule has 0 radical (unpaired) electrons. The third-order valence-electron chi connectivity index (χ3n) is 3.00. The van der Waals surface area contributed by atoms with E-state index in [9.17, 15) is 4.79 Å². The van der Waals surface area contributed by atoms with Gasteiger partial charge in [-0.3, -0.25) is 4.79 Å². The molecule has 0 spiro atoms. The number of hydrogen-bond donors (Lipinski definition) is 1. The maximum absolute atomic E-state index is 11.4.